The van der Waals surface area contributed by atoms with Gasteiger partial charge in [0.25, 0.3) is 0 Å². The molecule has 2 N–H and O–H groups in total. The SMILES string of the molecule is CCOc1cc2c(cc1CNC1CCCNC1c1ccccc1)C(C)(C)C(=O)N2C. The van der Waals surface area contributed by atoms with Crippen LogP contribution in [0.1, 0.15) is 56.3 Å². The van der Waals surface area contributed by atoms with Gasteiger partial charge >= 0.3 is 0 Å². The van der Waals surface area contributed by atoms with Gasteiger partial charge in [-0.3, -0.25) is 4.79 Å². The van der Waals surface area contributed by atoms with Crippen molar-refractivity contribution in [3.63, 3.8) is 0 Å². The summed E-state index contributed by atoms with van der Waals surface area (Å²) >= 11 is 0. The monoisotopic (exact) mass is 407 g/mol. The lowest BCUT2D eigenvalue weighted by atomic mass is 9.85. The molecule has 0 saturated carbocycles. The van der Waals surface area contributed by atoms with Gasteiger partial charge in [0.05, 0.1) is 17.7 Å². The standard InChI is InChI=1S/C25H33N3O2/c1-5-30-22-15-21-19(25(2,3)24(29)28(21)4)14-18(22)16-27-20-12-9-13-26-23(20)17-10-7-6-8-11-17/h6-8,10-11,14-15,20,23,26-27H,5,9,12-13,16H2,1-4H3. The van der Waals surface area contributed by atoms with Crippen LogP contribution in [-0.2, 0) is 16.8 Å². The van der Waals surface area contributed by atoms with Crippen molar-refractivity contribution in [3.8, 4) is 5.75 Å². The van der Waals surface area contributed by atoms with E-state index in [0.29, 0.717) is 25.2 Å². The second-order valence-electron chi connectivity index (χ2n) is 8.87. The number of nitrogens with zero attached hydrogens (tertiary/aromatic N) is 1. The molecule has 0 bridgehead atoms. The van der Waals surface area contributed by atoms with Crippen LogP contribution in [-0.4, -0.2) is 32.1 Å². The smallest absolute Gasteiger partial charge is 0.236 e. The number of rotatable bonds is 6. The maximum atomic E-state index is 12.7. The van der Waals surface area contributed by atoms with Gasteiger partial charge in [0.15, 0.2) is 0 Å². The third-order valence-electron chi connectivity index (χ3n) is 6.52. The van der Waals surface area contributed by atoms with Gasteiger partial charge in [0.2, 0.25) is 5.91 Å². The summed E-state index contributed by atoms with van der Waals surface area (Å²) in [5.41, 5.74) is 3.96. The van der Waals surface area contributed by atoms with Gasteiger partial charge in [0, 0.05) is 37.3 Å². The average Bonchev–Trinajstić information content (AvgIpc) is 2.93. The molecule has 2 aliphatic heterocycles. The van der Waals surface area contributed by atoms with Gasteiger partial charge in [0.1, 0.15) is 5.75 Å². The van der Waals surface area contributed by atoms with Gasteiger partial charge in [-0.25, -0.2) is 0 Å². The minimum absolute atomic E-state index is 0.130. The number of ether oxygens (including phenoxy) is 1. The minimum atomic E-state index is -0.511. The molecular weight excluding hydrogens is 374 g/mol. The summed E-state index contributed by atoms with van der Waals surface area (Å²) in [5, 5.41) is 7.47. The number of hydrogen-bond donors (Lipinski definition) is 2. The zero-order valence-corrected chi connectivity index (χ0v) is 18.5. The molecule has 0 radical (unpaired) electrons. The topological polar surface area (TPSA) is 53.6 Å². The number of amides is 1. The van der Waals surface area contributed by atoms with Crippen LogP contribution >= 0.6 is 0 Å². The summed E-state index contributed by atoms with van der Waals surface area (Å²) in [7, 11) is 1.85. The van der Waals surface area contributed by atoms with E-state index in [4.69, 9.17) is 4.74 Å². The highest BCUT2D eigenvalue weighted by Crippen LogP contribution is 2.44. The molecule has 1 saturated heterocycles. The van der Waals surface area contributed by atoms with E-state index in [1.165, 1.54) is 5.56 Å². The summed E-state index contributed by atoms with van der Waals surface area (Å²) in [6, 6.07) is 15.5. The van der Waals surface area contributed by atoms with Crippen molar-refractivity contribution in [1.29, 1.82) is 0 Å². The molecule has 2 aromatic rings. The zero-order chi connectivity index (χ0) is 21.3. The maximum Gasteiger partial charge on any atom is 0.236 e. The first-order valence-corrected chi connectivity index (χ1v) is 11.0. The Hall–Kier alpha value is -2.37. The molecule has 0 spiro atoms. The lowest BCUT2D eigenvalue weighted by Gasteiger charge is -2.34. The fourth-order valence-corrected chi connectivity index (χ4v) is 4.82. The number of piperidine rings is 1. The Labute approximate surface area is 179 Å². The maximum absolute atomic E-state index is 12.7. The summed E-state index contributed by atoms with van der Waals surface area (Å²) in [4.78, 5) is 14.5. The van der Waals surface area contributed by atoms with Crippen LogP contribution in [0.15, 0.2) is 42.5 Å². The van der Waals surface area contributed by atoms with Crippen LogP contribution in [0.3, 0.4) is 0 Å². The van der Waals surface area contributed by atoms with Crippen molar-refractivity contribution in [2.45, 2.75) is 57.7 Å². The molecule has 2 unspecified atom stereocenters. The molecule has 5 heteroatoms. The van der Waals surface area contributed by atoms with Crippen LogP contribution in [0.4, 0.5) is 5.69 Å². The zero-order valence-electron chi connectivity index (χ0n) is 18.5. The van der Waals surface area contributed by atoms with Gasteiger partial charge in [-0.1, -0.05) is 30.3 Å². The molecule has 2 aromatic carbocycles. The second-order valence-corrected chi connectivity index (χ2v) is 8.87. The summed E-state index contributed by atoms with van der Waals surface area (Å²) < 4.78 is 5.97. The Kier molecular flexibility index (Phi) is 5.85. The van der Waals surface area contributed by atoms with Crippen molar-refractivity contribution >= 4 is 11.6 Å². The molecule has 0 aromatic heterocycles. The van der Waals surface area contributed by atoms with Crippen LogP contribution in [0.5, 0.6) is 5.75 Å². The van der Waals surface area contributed by atoms with E-state index in [-0.39, 0.29) is 5.91 Å². The molecule has 2 atom stereocenters. The van der Waals surface area contributed by atoms with Crippen molar-refractivity contribution in [1.82, 2.24) is 10.6 Å². The molecule has 2 heterocycles. The predicted octanol–water partition coefficient (Wildman–Crippen LogP) is 3.92. The number of fused-ring (bicyclic) bond motifs is 1. The molecule has 5 nitrogen and oxygen atoms in total. The Morgan fingerprint density at radius 2 is 2.00 bits per heavy atom. The number of hydrogen-bond acceptors (Lipinski definition) is 4. The van der Waals surface area contributed by atoms with E-state index in [9.17, 15) is 4.79 Å². The Morgan fingerprint density at radius 1 is 1.23 bits per heavy atom. The molecule has 30 heavy (non-hydrogen) atoms. The minimum Gasteiger partial charge on any atom is -0.493 e. The first-order chi connectivity index (χ1) is 14.4. The van der Waals surface area contributed by atoms with Crippen LogP contribution in [0.25, 0.3) is 0 Å². The Morgan fingerprint density at radius 3 is 2.73 bits per heavy atom. The van der Waals surface area contributed by atoms with E-state index in [2.05, 4.69) is 47.0 Å². The quantitative estimate of drug-likeness (QED) is 0.762. The number of nitrogens with one attached hydrogen (secondary N) is 2. The van der Waals surface area contributed by atoms with Crippen LogP contribution in [0.2, 0.25) is 0 Å². The van der Waals surface area contributed by atoms with E-state index in [1.54, 1.807) is 4.90 Å². The summed E-state index contributed by atoms with van der Waals surface area (Å²) in [6.07, 6.45) is 2.30. The second kappa shape index (κ2) is 8.40. The van der Waals surface area contributed by atoms with Crippen LogP contribution < -0.4 is 20.3 Å². The summed E-state index contributed by atoms with van der Waals surface area (Å²) in [6.45, 7) is 8.37. The molecule has 2 aliphatic rings. The van der Waals surface area contributed by atoms with E-state index in [0.717, 1.165) is 42.0 Å². The fourth-order valence-electron chi connectivity index (χ4n) is 4.82. The van der Waals surface area contributed by atoms with E-state index in [1.807, 2.05) is 33.9 Å². The molecular formula is C25H33N3O2. The Bertz CT molecular complexity index is 910. The van der Waals surface area contributed by atoms with Gasteiger partial charge in [-0.15, -0.1) is 0 Å². The first-order valence-electron chi connectivity index (χ1n) is 11.0. The lowest BCUT2D eigenvalue weighted by Crippen LogP contribution is -2.45. The number of likely N-dealkylation sites (N-methyl/N-ethyl adjacent to an activating group) is 1. The summed E-state index contributed by atoms with van der Waals surface area (Å²) in [5.74, 6) is 0.992. The average molecular weight is 408 g/mol. The highest BCUT2D eigenvalue weighted by atomic mass is 16.5. The van der Waals surface area contributed by atoms with Crippen molar-refractivity contribution in [2.24, 2.45) is 0 Å². The van der Waals surface area contributed by atoms with Crippen LogP contribution in [0, 0.1) is 0 Å². The first kappa shape index (κ1) is 20.9. The molecule has 1 amide bonds. The molecule has 160 valence electrons. The van der Waals surface area contributed by atoms with Crippen molar-refractivity contribution in [2.75, 3.05) is 25.1 Å². The van der Waals surface area contributed by atoms with Crippen molar-refractivity contribution < 1.29 is 9.53 Å². The molecule has 4 rings (SSSR count). The normalized spacial score (nSPS) is 22.8. The predicted molar refractivity (Wildman–Crippen MR) is 121 cm³/mol. The highest BCUT2D eigenvalue weighted by molar-refractivity contribution is 6.07. The van der Waals surface area contributed by atoms with Gasteiger partial charge in [-0.2, -0.15) is 0 Å². The largest absolute Gasteiger partial charge is 0.493 e. The van der Waals surface area contributed by atoms with Crippen molar-refractivity contribution in [3.05, 3.63) is 59.2 Å². The molecule has 1 fully saturated rings. The third-order valence-corrected chi connectivity index (χ3v) is 6.52. The fraction of sp³-hybridized carbons (Fsp3) is 0.480. The number of benzene rings is 2. The van der Waals surface area contributed by atoms with Gasteiger partial charge < -0.3 is 20.3 Å². The number of carbonyl (C=O) groups excluding carboxylic acids is 1. The third kappa shape index (κ3) is 3.72. The Balaban J connectivity index is 1.60. The van der Waals surface area contributed by atoms with Gasteiger partial charge in [-0.05, 0) is 57.4 Å². The van der Waals surface area contributed by atoms with E-state index < -0.39 is 5.41 Å². The van der Waals surface area contributed by atoms with E-state index >= 15 is 0 Å². The number of anilines is 1. The molecule has 0 aliphatic carbocycles. The highest BCUT2D eigenvalue weighted by Gasteiger charge is 2.43. The number of carbonyl (C=O) groups is 1. The lowest BCUT2D eigenvalue weighted by molar-refractivity contribution is -0.121.